The van der Waals surface area contributed by atoms with Crippen LogP contribution in [0.4, 0.5) is 0 Å². The van der Waals surface area contributed by atoms with Gasteiger partial charge in [0.1, 0.15) is 17.1 Å². The molecule has 0 spiro atoms. The Balaban J connectivity index is 1.71. The molecular weight excluding hydrogens is 456 g/mol. The molecule has 6 heteroatoms. The molecule has 144 valence electrons. The lowest BCUT2D eigenvalue weighted by Crippen LogP contribution is -2.10. The summed E-state index contributed by atoms with van der Waals surface area (Å²) in [6, 6.07) is 18.6. The van der Waals surface area contributed by atoms with E-state index in [9.17, 15) is 9.59 Å². The van der Waals surface area contributed by atoms with Gasteiger partial charge in [-0.15, -0.1) is 0 Å². The molecule has 4 rings (SSSR count). The van der Waals surface area contributed by atoms with E-state index >= 15 is 0 Å². The first kappa shape index (κ1) is 19.4. The number of ether oxygens (including phenoxy) is 1. The van der Waals surface area contributed by atoms with Gasteiger partial charge in [0.25, 0.3) is 0 Å². The van der Waals surface area contributed by atoms with Crippen LogP contribution in [0, 0.1) is 6.92 Å². The van der Waals surface area contributed by atoms with Crippen LogP contribution in [0.2, 0.25) is 5.02 Å². The van der Waals surface area contributed by atoms with E-state index in [0.717, 1.165) is 10.0 Å². The van der Waals surface area contributed by atoms with Crippen LogP contribution < -0.4 is 10.2 Å². The summed E-state index contributed by atoms with van der Waals surface area (Å²) in [6.45, 7) is 1.74. The molecule has 0 bridgehead atoms. The number of fused-ring (bicyclic) bond motifs is 1. The first-order chi connectivity index (χ1) is 13.9. The van der Waals surface area contributed by atoms with Gasteiger partial charge in [-0.05, 0) is 61.0 Å². The van der Waals surface area contributed by atoms with Crippen molar-refractivity contribution in [2.45, 2.75) is 6.92 Å². The van der Waals surface area contributed by atoms with Crippen molar-refractivity contribution >= 4 is 44.5 Å². The molecule has 0 aliphatic heterocycles. The van der Waals surface area contributed by atoms with E-state index < -0.39 is 5.97 Å². The van der Waals surface area contributed by atoms with Crippen LogP contribution in [0.25, 0.3) is 22.1 Å². The van der Waals surface area contributed by atoms with E-state index in [4.69, 9.17) is 20.8 Å². The van der Waals surface area contributed by atoms with Crippen molar-refractivity contribution in [3.8, 4) is 16.9 Å². The smallest absolute Gasteiger partial charge is 0.343 e. The van der Waals surface area contributed by atoms with Gasteiger partial charge in [0.05, 0.1) is 16.5 Å². The summed E-state index contributed by atoms with van der Waals surface area (Å²) in [5.41, 5.74) is 1.88. The predicted octanol–water partition coefficient (Wildman–Crippen LogP) is 6.40. The molecule has 0 radical (unpaired) electrons. The maximum atomic E-state index is 13.0. The molecule has 0 aliphatic rings. The highest BCUT2D eigenvalue weighted by Gasteiger charge is 2.15. The van der Waals surface area contributed by atoms with Gasteiger partial charge in [-0.25, -0.2) is 4.79 Å². The molecule has 0 amide bonds. The number of hydrogen-bond donors (Lipinski definition) is 0. The summed E-state index contributed by atoms with van der Waals surface area (Å²) in [6.07, 6.45) is 0. The zero-order chi connectivity index (χ0) is 20.5. The summed E-state index contributed by atoms with van der Waals surface area (Å²) >= 11 is 9.23. The lowest BCUT2D eigenvalue weighted by Gasteiger charge is -2.09. The largest absolute Gasteiger partial charge is 0.460 e. The molecule has 0 fully saturated rings. The van der Waals surface area contributed by atoms with Gasteiger partial charge in [0, 0.05) is 15.6 Å². The Morgan fingerprint density at radius 1 is 1.00 bits per heavy atom. The summed E-state index contributed by atoms with van der Waals surface area (Å²) in [7, 11) is 0. The summed E-state index contributed by atoms with van der Waals surface area (Å²) in [4.78, 5) is 25.3. The zero-order valence-corrected chi connectivity index (χ0v) is 17.6. The van der Waals surface area contributed by atoms with Gasteiger partial charge in [-0.1, -0.05) is 39.7 Å². The molecule has 0 saturated carbocycles. The standard InChI is InChI=1S/C23H14BrClO4/c1-13-21(14-2-6-16(24)7-3-14)22(26)19-11-10-18(12-20(19)28-13)29-23(27)15-4-8-17(25)9-5-15/h2-12H,1H3. The first-order valence-corrected chi connectivity index (χ1v) is 9.90. The Morgan fingerprint density at radius 2 is 1.69 bits per heavy atom. The maximum absolute atomic E-state index is 13.0. The minimum Gasteiger partial charge on any atom is -0.460 e. The normalized spacial score (nSPS) is 10.9. The minimum absolute atomic E-state index is 0.137. The van der Waals surface area contributed by atoms with E-state index in [-0.39, 0.29) is 11.2 Å². The Kier molecular flexibility index (Phi) is 5.26. The fourth-order valence-electron chi connectivity index (χ4n) is 3.05. The quantitative estimate of drug-likeness (QED) is 0.257. The molecule has 0 atom stereocenters. The third-order valence-corrected chi connectivity index (χ3v) is 5.24. The highest BCUT2D eigenvalue weighted by molar-refractivity contribution is 9.10. The number of hydrogen-bond acceptors (Lipinski definition) is 4. The predicted molar refractivity (Wildman–Crippen MR) is 117 cm³/mol. The second-order valence-corrected chi connectivity index (χ2v) is 7.78. The number of carbonyl (C=O) groups is 1. The van der Waals surface area contributed by atoms with Gasteiger partial charge in [-0.2, -0.15) is 0 Å². The topological polar surface area (TPSA) is 56.5 Å². The van der Waals surface area contributed by atoms with Gasteiger partial charge < -0.3 is 9.15 Å². The van der Waals surface area contributed by atoms with E-state index in [1.807, 2.05) is 24.3 Å². The average molecular weight is 470 g/mol. The molecule has 0 aliphatic carbocycles. The van der Waals surface area contributed by atoms with Crippen molar-refractivity contribution < 1.29 is 13.9 Å². The van der Waals surface area contributed by atoms with Crippen molar-refractivity contribution in [1.82, 2.24) is 0 Å². The van der Waals surface area contributed by atoms with Crippen LogP contribution in [0.3, 0.4) is 0 Å². The monoisotopic (exact) mass is 468 g/mol. The molecule has 4 aromatic rings. The van der Waals surface area contributed by atoms with E-state index in [1.54, 1.807) is 49.4 Å². The Labute approximate surface area is 179 Å². The summed E-state index contributed by atoms with van der Waals surface area (Å²) in [5.74, 6) is 0.258. The van der Waals surface area contributed by atoms with Gasteiger partial charge in [0.15, 0.2) is 0 Å². The fraction of sp³-hybridized carbons (Fsp3) is 0.0435. The highest BCUT2D eigenvalue weighted by Crippen LogP contribution is 2.27. The molecule has 4 nitrogen and oxygen atoms in total. The fourth-order valence-corrected chi connectivity index (χ4v) is 3.44. The number of aryl methyl sites for hydroxylation is 1. The van der Waals surface area contributed by atoms with Crippen molar-refractivity contribution in [3.63, 3.8) is 0 Å². The van der Waals surface area contributed by atoms with Crippen LogP contribution in [0.5, 0.6) is 5.75 Å². The third kappa shape index (κ3) is 3.97. The Hall–Kier alpha value is -2.89. The molecule has 1 aromatic heterocycles. The molecule has 29 heavy (non-hydrogen) atoms. The van der Waals surface area contributed by atoms with Crippen LogP contribution >= 0.6 is 27.5 Å². The molecule has 3 aromatic carbocycles. The molecule has 0 N–H and O–H groups in total. The van der Waals surface area contributed by atoms with Gasteiger partial charge in [0.2, 0.25) is 5.43 Å². The van der Waals surface area contributed by atoms with Crippen molar-refractivity contribution in [2.24, 2.45) is 0 Å². The SMILES string of the molecule is Cc1oc2cc(OC(=O)c3ccc(Cl)cc3)ccc2c(=O)c1-c1ccc(Br)cc1. The number of carbonyl (C=O) groups excluding carboxylic acids is 1. The Bertz CT molecular complexity index is 1280. The van der Waals surface area contributed by atoms with Gasteiger partial charge >= 0.3 is 5.97 Å². The summed E-state index contributed by atoms with van der Waals surface area (Å²) < 4.78 is 12.2. The number of rotatable bonds is 3. The van der Waals surface area contributed by atoms with Crippen molar-refractivity contribution in [2.75, 3.05) is 0 Å². The molecule has 0 saturated heterocycles. The lowest BCUT2D eigenvalue weighted by molar-refractivity contribution is 0.0735. The minimum atomic E-state index is -0.522. The average Bonchev–Trinajstić information content (AvgIpc) is 2.69. The van der Waals surface area contributed by atoms with E-state index in [1.165, 1.54) is 0 Å². The third-order valence-electron chi connectivity index (χ3n) is 4.46. The van der Waals surface area contributed by atoms with Crippen molar-refractivity contribution in [1.29, 1.82) is 0 Å². The van der Waals surface area contributed by atoms with E-state index in [0.29, 0.717) is 32.9 Å². The number of benzene rings is 3. The van der Waals surface area contributed by atoms with Crippen LogP contribution in [-0.2, 0) is 0 Å². The first-order valence-electron chi connectivity index (χ1n) is 8.73. The van der Waals surface area contributed by atoms with Crippen LogP contribution in [0.1, 0.15) is 16.1 Å². The zero-order valence-electron chi connectivity index (χ0n) is 15.2. The van der Waals surface area contributed by atoms with E-state index in [2.05, 4.69) is 15.9 Å². The second-order valence-electron chi connectivity index (χ2n) is 6.42. The Morgan fingerprint density at radius 3 is 2.38 bits per heavy atom. The maximum Gasteiger partial charge on any atom is 0.343 e. The molecule has 1 heterocycles. The molecule has 0 unspecified atom stereocenters. The van der Waals surface area contributed by atoms with Crippen LogP contribution in [-0.4, -0.2) is 5.97 Å². The van der Waals surface area contributed by atoms with Gasteiger partial charge in [-0.3, -0.25) is 4.79 Å². The van der Waals surface area contributed by atoms with Crippen LogP contribution in [0.15, 0.2) is 80.4 Å². The highest BCUT2D eigenvalue weighted by atomic mass is 79.9. The second kappa shape index (κ2) is 7.85. The lowest BCUT2D eigenvalue weighted by atomic mass is 10.0. The molecular formula is C23H14BrClO4. The summed E-state index contributed by atoms with van der Waals surface area (Å²) in [5, 5.41) is 0.950. The number of halogens is 2. The van der Waals surface area contributed by atoms with Crippen molar-refractivity contribution in [3.05, 3.63) is 97.8 Å². The number of esters is 1.